The van der Waals surface area contributed by atoms with Gasteiger partial charge >= 0.3 is 5.97 Å². The Labute approximate surface area is 127 Å². The predicted octanol–water partition coefficient (Wildman–Crippen LogP) is 2.98. The Kier molecular flexibility index (Phi) is 6.85. The summed E-state index contributed by atoms with van der Waals surface area (Å²) in [6.45, 7) is 5.74. The van der Waals surface area contributed by atoms with E-state index in [0.29, 0.717) is 12.3 Å². The van der Waals surface area contributed by atoms with Crippen molar-refractivity contribution in [1.29, 1.82) is 0 Å². The standard InChI is InChI=1S/C17H27NO3/c1-4-13(5-2)11-17(3,16(20)21)18-15(12-19)14-9-7-6-8-10-14/h6-10,13,15,18-19H,4-5,11-12H2,1-3H3,(H,20,21). The fourth-order valence-electron chi connectivity index (χ4n) is 2.67. The third-order valence-electron chi connectivity index (χ3n) is 4.20. The first-order valence-electron chi connectivity index (χ1n) is 7.63. The molecule has 0 amide bonds. The zero-order valence-corrected chi connectivity index (χ0v) is 13.2. The van der Waals surface area contributed by atoms with E-state index in [2.05, 4.69) is 19.2 Å². The SMILES string of the molecule is CCC(CC)CC(C)(NC(CO)c1ccccc1)C(=O)O. The molecular weight excluding hydrogens is 266 g/mol. The summed E-state index contributed by atoms with van der Waals surface area (Å²) in [6.07, 6.45) is 2.46. The number of aliphatic hydroxyl groups is 1. The van der Waals surface area contributed by atoms with Crippen LogP contribution < -0.4 is 5.32 Å². The highest BCUT2D eigenvalue weighted by atomic mass is 16.4. The second kappa shape index (κ2) is 8.15. The van der Waals surface area contributed by atoms with Gasteiger partial charge in [0.15, 0.2) is 0 Å². The van der Waals surface area contributed by atoms with Gasteiger partial charge in [-0.3, -0.25) is 10.1 Å². The lowest BCUT2D eigenvalue weighted by atomic mass is 9.85. The highest BCUT2D eigenvalue weighted by Crippen LogP contribution is 2.26. The average molecular weight is 293 g/mol. The Hall–Kier alpha value is -1.39. The van der Waals surface area contributed by atoms with E-state index < -0.39 is 11.5 Å². The summed E-state index contributed by atoms with van der Waals surface area (Å²) in [4.78, 5) is 11.7. The van der Waals surface area contributed by atoms with Gasteiger partial charge < -0.3 is 10.2 Å². The van der Waals surface area contributed by atoms with Gasteiger partial charge in [-0.25, -0.2) is 0 Å². The average Bonchev–Trinajstić information content (AvgIpc) is 2.51. The van der Waals surface area contributed by atoms with Crippen molar-refractivity contribution in [2.24, 2.45) is 5.92 Å². The van der Waals surface area contributed by atoms with Crippen LogP contribution in [0.5, 0.6) is 0 Å². The molecule has 4 heteroatoms. The monoisotopic (exact) mass is 293 g/mol. The maximum absolute atomic E-state index is 11.7. The molecule has 0 aliphatic rings. The molecule has 4 nitrogen and oxygen atoms in total. The molecule has 1 aromatic carbocycles. The Morgan fingerprint density at radius 2 is 1.81 bits per heavy atom. The summed E-state index contributed by atoms with van der Waals surface area (Å²) >= 11 is 0. The summed E-state index contributed by atoms with van der Waals surface area (Å²) in [7, 11) is 0. The van der Waals surface area contributed by atoms with Crippen molar-refractivity contribution in [1.82, 2.24) is 5.32 Å². The molecule has 0 saturated heterocycles. The highest BCUT2D eigenvalue weighted by Gasteiger charge is 2.37. The second-order valence-corrected chi connectivity index (χ2v) is 5.81. The first kappa shape index (κ1) is 17.7. The molecule has 0 spiro atoms. The van der Waals surface area contributed by atoms with Gasteiger partial charge in [0.1, 0.15) is 5.54 Å². The van der Waals surface area contributed by atoms with E-state index in [0.717, 1.165) is 18.4 Å². The van der Waals surface area contributed by atoms with Gasteiger partial charge in [0, 0.05) is 0 Å². The quantitative estimate of drug-likeness (QED) is 0.654. The number of carboxylic acids is 1. The van der Waals surface area contributed by atoms with Crippen LogP contribution in [0.15, 0.2) is 30.3 Å². The summed E-state index contributed by atoms with van der Waals surface area (Å²) in [5.41, 5.74) is -0.142. The van der Waals surface area contributed by atoms with Gasteiger partial charge in [0.25, 0.3) is 0 Å². The number of carbonyl (C=O) groups is 1. The third kappa shape index (κ3) is 4.83. The molecule has 0 saturated carbocycles. The van der Waals surface area contributed by atoms with E-state index in [1.165, 1.54) is 0 Å². The normalized spacial score (nSPS) is 15.7. The minimum atomic E-state index is -1.04. The number of aliphatic carboxylic acids is 1. The Morgan fingerprint density at radius 1 is 1.24 bits per heavy atom. The fourth-order valence-corrected chi connectivity index (χ4v) is 2.67. The third-order valence-corrected chi connectivity index (χ3v) is 4.20. The van der Waals surface area contributed by atoms with E-state index in [1.807, 2.05) is 30.3 Å². The lowest BCUT2D eigenvalue weighted by Gasteiger charge is -2.33. The molecule has 0 bridgehead atoms. The van der Waals surface area contributed by atoms with Crippen molar-refractivity contribution >= 4 is 5.97 Å². The molecule has 0 aromatic heterocycles. The van der Waals surface area contributed by atoms with E-state index in [9.17, 15) is 15.0 Å². The molecule has 1 aromatic rings. The first-order valence-corrected chi connectivity index (χ1v) is 7.63. The van der Waals surface area contributed by atoms with Crippen LogP contribution in [0.3, 0.4) is 0 Å². The Balaban J connectivity index is 2.92. The minimum Gasteiger partial charge on any atom is -0.480 e. The van der Waals surface area contributed by atoms with E-state index in [-0.39, 0.29) is 12.6 Å². The molecule has 1 rings (SSSR count). The van der Waals surface area contributed by atoms with E-state index in [4.69, 9.17) is 0 Å². The number of carboxylic acid groups (broad SMARTS) is 1. The van der Waals surface area contributed by atoms with Crippen molar-refractivity contribution < 1.29 is 15.0 Å². The fraction of sp³-hybridized carbons (Fsp3) is 0.588. The maximum atomic E-state index is 11.7. The van der Waals surface area contributed by atoms with Crippen LogP contribution in [-0.4, -0.2) is 28.3 Å². The summed E-state index contributed by atoms with van der Waals surface area (Å²) in [6, 6.07) is 9.10. The number of benzene rings is 1. The van der Waals surface area contributed by atoms with Crippen molar-refractivity contribution in [2.45, 2.75) is 51.6 Å². The summed E-state index contributed by atoms with van der Waals surface area (Å²) in [5, 5.41) is 22.4. The maximum Gasteiger partial charge on any atom is 0.323 e. The van der Waals surface area contributed by atoms with Gasteiger partial charge in [0.05, 0.1) is 12.6 Å². The lowest BCUT2D eigenvalue weighted by Crippen LogP contribution is -2.52. The largest absolute Gasteiger partial charge is 0.480 e. The van der Waals surface area contributed by atoms with Crippen LogP contribution in [0.2, 0.25) is 0 Å². The predicted molar refractivity (Wildman–Crippen MR) is 84.1 cm³/mol. The smallest absolute Gasteiger partial charge is 0.323 e. The minimum absolute atomic E-state index is 0.129. The Bertz CT molecular complexity index is 431. The molecule has 0 fully saturated rings. The number of hydrogen-bond donors (Lipinski definition) is 3. The number of rotatable bonds is 9. The molecule has 2 unspecified atom stereocenters. The number of aliphatic hydroxyl groups excluding tert-OH is 1. The summed E-state index contributed by atoms with van der Waals surface area (Å²) < 4.78 is 0. The molecule has 118 valence electrons. The number of hydrogen-bond acceptors (Lipinski definition) is 3. The molecule has 0 radical (unpaired) electrons. The van der Waals surface area contributed by atoms with Gasteiger partial charge in [-0.2, -0.15) is 0 Å². The van der Waals surface area contributed by atoms with Crippen LogP contribution in [0.4, 0.5) is 0 Å². The van der Waals surface area contributed by atoms with Crippen LogP contribution >= 0.6 is 0 Å². The number of nitrogens with one attached hydrogen (secondary N) is 1. The van der Waals surface area contributed by atoms with Crippen LogP contribution in [0, 0.1) is 5.92 Å². The van der Waals surface area contributed by atoms with Crippen molar-refractivity contribution in [3.63, 3.8) is 0 Å². The zero-order chi connectivity index (χ0) is 15.9. The molecule has 0 heterocycles. The van der Waals surface area contributed by atoms with Gasteiger partial charge in [-0.1, -0.05) is 57.0 Å². The van der Waals surface area contributed by atoms with Crippen LogP contribution in [0.25, 0.3) is 0 Å². The molecule has 0 aliphatic heterocycles. The van der Waals surface area contributed by atoms with Crippen LogP contribution in [0.1, 0.15) is 51.6 Å². The molecule has 3 N–H and O–H groups in total. The molecular formula is C17H27NO3. The first-order chi connectivity index (χ1) is 9.96. The Morgan fingerprint density at radius 3 is 2.24 bits per heavy atom. The van der Waals surface area contributed by atoms with Gasteiger partial charge in [-0.15, -0.1) is 0 Å². The summed E-state index contributed by atoms with van der Waals surface area (Å²) in [5.74, 6) is -0.516. The zero-order valence-electron chi connectivity index (χ0n) is 13.2. The highest BCUT2D eigenvalue weighted by molar-refractivity contribution is 5.78. The van der Waals surface area contributed by atoms with E-state index >= 15 is 0 Å². The van der Waals surface area contributed by atoms with E-state index in [1.54, 1.807) is 6.92 Å². The topological polar surface area (TPSA) is 69.6 Å². The molecule has 21 heavy (non-hydrogen) atoms. The van der Waals surface area contributed by atoms with Crippen molar-refractivity contribution in [2.75, 3.05) is 6.61 Å². The van der Waals surface area contributed by atoms with Crippen molar-refractivity contribution in [3.05, 3.63) is 35.9 Å². The van der Waals surface area contributed by atoms with Crippen LogP contribution in [-0.2, 0) is 4.79 Å². The lowest BCUT2D eigenvalue weighted by molar-refractivity contribution is -0.145. The van der Waals surface area contributed by atoms with Gasteiger partial charge in [0.2, 0.25) is 0 Å². The van der Waals surface area contributed by atoms with Crippen molar-refractivity contribution in [3.8, 4) is 0 Å². The molecule has 0 aliphatic carbocycles. The second-order valence-electron chi connectivity index (χ2n) is 5.81. The van der Waals surface area contributed by atoms with Gasteiger partial charge in [-0.05, 0) is 24.8 Å². The molecule has 2 atom stereocenters.